The summed E-state index contributed by atoms with van der Waals surface area (Å²) < 4.78 is 7.43. The number of fused-ring (bicyclic) bond motifs is 1. The first kappa shape index (κ1) is 14.2. The molecule has 0 saturated carbocycles. The summed E-state index contributed by atoms with van der Waals surface area (Å²) in [5.74, 6) is -0.125. The number of nitrogens with one attached hydrogen (secondary N) is 1. The molecule has 0 aliphatic carbocycles. The molecule has 2 heterocycles. The van der Waals surface area contributed by atoms with E-state index in [0.29, 0.717) is 18.8 Å². The van der Waals surface area contributed by atoms with E-state index < -0.39 is 0 Å². The lowest BCUT2D eigenvalue weighted by Gasteiger charge is -2.11. The normalized spacial score (nSPS) is 10.8. The molecule has 3 rings (SSSR count). The average Bonchev–Trinajstić information content (AvgIpc) is 3.09. The van der Waals surface area contributed by atoms with E-state index in [2.05, 4.69) is 31.0 Å². The quantitative estimate of drug-likeness (QED) is 0.732. The summed E-state index contributed by atoms with van der Waals surface area (Å²) in [5.41, 5.74) is 4.62. The Morgan fingerprint density at radius 2 is 2.18 bits per heavy atom. The molecule has 0 bridgehead atoms. The summed E-state index contributed by atoms with van der Waals surface area (Å²) in [5, 5.41) is 2.82. The average molecular weight is 294 g/mol. The van der Waals surface area contributed by atoms with Crippen LogP contribution in [0.3, 0.4) is 0 Å². The number of hydrogen-bond acceptors (Lipinski definition) is 2. The van der Waals surface area contributed by atoms with E-state index in [1.807, 2.05) is 22.8 Å². The Labute approximate surface area is 129 Å². The van der Waals surface area contributed by atoms with Crippen LogP contribution in [0, 0.1) is 6.92 Å². The van der Waals surface area contributed by atoms with Crippen LogP contribution in [0.5, 0.6) is 0 Å². The third-order valence-electron chi connectivity index (χ3n) is 3.75. The zero-order valence-electron chi connectivity index (χ0n) is 12.5. The topological polar surface area (TPSA) is 47.2 Å². The molecule has 0 saturated heterocycles. The molecule has 4 heteroatoms. The number of nitrogens with zero attached hydrogens (tertiary/aromatic N) is 1. The Hall–Kier alpha value is -2.75. The molecule has 0 aliphatic rings. The van der Waals surface area contributed by atoms with Gasteiger partial charge in [-0.05, 0) is 18.1 Å². The number of carbonyl (C=O) groups excluding carboxylic acids is 1. The molecule has 112 valence electrons. The van der Waals surface area contributed by atoms with Crippen LogP contribution >= 0.6 is 0 Å². The molecule has 4 nitrogen and oxygen atoms in total. The highest BCUT2D eigenvalue weighted by Crippen LogP contribution is 2.23. The van der Waals surface area contributed by atoms with Crippen molar-refractivity contribution >= 4 is 17.0 Å². The standard InChI is InChI=1S/C18H18N2O2/c1-3-9-19-18(21)16-11-17-15(8-10-22-17)20(16)12-14-7-5-4-6-13(14)2/h3-8,10-11H,1,9,12H2,2H3,(H,19,21). The van der Waals surface area contributed by atoms with Crippen molar-refractivity contribution in [3.8, 4) is 0 Å². The molecule has 1 amide bonds. The van der Waals surface area contributed by atoms with Gasteiger partial charge in [0.25, 0.3) is 5.91 Å². The van der Waals surface area contributed by atoms with Gasteiger partial charge in [-0.1, -0.05) is 30.3 Å². The molecular formula is C18H18N2O2. The number of aromatic nitrogens is 1. The van der Waals surface area contributed by atoms with Gasteiger partial charge in [-0.25, -0.2) is 0 Å². The fourth-order valence-electron chi connectivity index (χ4n) is 2.55. The maximum atomic E-state index is 12.3. The van der Waals surface area contributed by atoms with Crippen LogP contribution < -0.4 is 5.32 Å². The summed E-state index contributed by atoms with van der Waals surface area (Å²) in [7, 11) is 0. The predicted octanol–water partition coefficient (Wildman–Crippen LogP) is 3.51. The summed E-state index contributed by atoms with van der Waals surface area (Å²) in [4.78, 5) is 12.3. The molecule has 3 aromatic rings. The first-order valence-electron chi connectivity index (χ1n) is 7.21. The maximum Gasteiger partial charge on any atom is 0.268 e. The monoisotopic (exact) mass is 294 g/mol. The van der Waals surface area contributed by atoms with E-state index >= 15 is 0 Å². The second-order valence-corrected chi connectivity index (χ2v) is 5.21. The van der Waals surface area contributed by atoms with Gasteiger partial charge < -0.3 is 14.3 Å². The number of carbonyl (C=O) groups is 1. The van der Waals surface area contributed by atoms with Crippen molar-refractivity contribution < 1.29 is 9.21 Å². The number of aryl methyl sites for hydroxylation is 1. The molecule has 22 heavy (non-hydrogen) atoms. The van der Waals surface area contributed by atoms with Crippen molar-refractivity contribution in [1.82, 2.24) is 9.88 Å². The predicted molar refractivity (Wildman–Crippen MR) is 87.0 cm³/mol. The number of amides is 1. The minimum Gasteiger partial charge on any atom is -0.463 e. The lowest BCUT2D eigenvalue weighted by molar-refractivity contribution is 0.0949. The molecular weight excluding hydrogens is 276 g/mol. The van der Waals surface area contributed by atoms with Crippen molar-refractivity contribution in [2.45, 2.75) is 13.5 Å². The van der Waals surface area contributed by atoms with Gasteiger partial charge in [-0.2, -0.15) is 0 Å². The number of furan rings is 1. The summed E-state index contributed by atoms with van der Waals surface area (Å²) in [6, 6.07) is 11.8. The van der Waals surface area contributed by atoms with E-state index in [-0.39, 0.29) is 5.91 Å². The van der Waals surface area contributed by atoms with Gasteiger partial charge in [0.2, 0.25) is 0 Å². The Kier molecular flexibility index (Phi) is 3.83. The first-order valence-corrected chi connectivity index (χ1v) is 7.21. The molecule has 2 aromatic heterocycles. The molecule has 0 atom stereocenters. The van der Waals surface area contributed by atoms with E-state index in [4.69, 9.17) is 4.42 Å². The Morgan fingerprint density at radius 1 is 1.36 bits per heavy atom. The minimum absolute atomic E-state index is 0.125. The number of rotatable bonds is 5. The van der Waals surface area contributed by atoms with Crippen molar-refractivity contribution in [1.29, 1.82) is 0 Å². The molecule has 1 aromatic carbocycles. The highest BCUT2D eigenvalue weighted by atomic mass is 16.3. The van der Waals surface area contributed by atoms with Crippen molar-refractivity contribution in [2.24, 2.45) is 0 Å². The van der Waals surface area contributed by atoms with Gasteiger partial charge in [0.1, 0.15) is 5.69 Å². The Balaban J connectivity index is 2.02. The zero-order valence-corrected chi connectivity index (χ0v) is 12.5. The third kappa shape index (κ3) is 2.55. The molecule has 0 spiro atoms. The van der Waals surface area contributed by atoms with Crippen LogP contribution in [0.2, 0.25) is 0 Å². The molecule has 0 aliphatic heterocycles. The molecule has 0 unspecified atom stereocenters. The van der Waals surface area contributed by atoms with Crippen molar-refractivity contribution in [3.05, 3.63) is 72.1 Å². The van der Waals surface area contributed by atoms with Crippen molar-refractivity contribution in [2.75, 3.05) is 6.54 Å². The largest absolute Gasteiger partial charge is 0.463 e. The number of hydrogen-bond donors (Lipinski definition) is 1. The van der Waals surface area contributed by atoms with E-state index in [0.717, 1.165) is 11.1 Å². The van der Waals surface area contributed by atoms with E-state index in [1.165, 1.54) is 11.1 Å². The van der Waals surface area contributed by atoms with Gasteiger partial charge >= 0.3 is 0 Å². The van der Waals surface area contributed by atoms with Crippen LogP contribution in [0.4, 0.5) is 0 Å². The summed E-state index contributed by atoms with van der Waals surface area (Å²) in [6.45, 7) is 6.76. The zero-order chi connectivity index (χ0) is 15.5. The minimum atomic E-state index is -0.125. The summed E-state index contributed by atoms with van der Waals surface area (Å²) >= 11 is 0. The van der Waals surface area contributed by atoms with Crippen LogP contribution in [-0.2, 0) is 6.54 Å². The highest BCUT2D eigenvalue weighted by molar-refractivity contribution is 5.97. The second kappa shape index (κ2) is 5.93. The SMILES string of the molecule is C=CCNC(=O)c1cc2occc2n1Cc1ccccc1C. The maximum absolute atomic E-state index is 12.3. The van der Waals surface area contributed by atoms with Gasteiger partial charge in [0, 0.05) is 25.2 Å². The second-order valence-electron chi connectivity index (χ2n) is 5.21. The lowest BCUT2D eigenvalue weighted by atomic mass is 10.1. The summed E-state index contributed by atoms with van der Waals surface area (Å²) in [6.07, 6.45) is 3.31. The Bertz CT molecular complexity index is 827. The van der Waals surface area contributed by atoms with Crippen molar-refractivity contribution in [3.63, 3.8) is 0 Å². The van der Waals surface area contributed by atoms with Crippen LogP contribution in [0.1, 0.15) is 21.6 Å². The third-order valence-corrected chi connectivity index (χ3v) is 3.75. The molecule has 0 fully saturated rings. The van der Waals surface area contributed by atoms with Crippen LogP contribution in [0.25, 0.3) is 11.1 Å². The van der Waals surface area contributed by atoms with Crippen LogP contribution in [0.15, 0.2) is 59.7 Å². The van der Waals surface area contributed by atoms with Gasteiger partial charge in [-0.3, -0.25) is 4.79 Å². The smallest absolute Gasteiger partial charge is 0.268 e. The Morgan fingerprint density at radius 3 is 2.95 bits per heavy atom. The van der Waals surface area contributed by atoms with Gasteiger partial charge in [-0.15, -0.1) is 6.58 Å². The van der Waals surface area contributed by atoms with E-state index in [1.54, 1.807) is 18.4 Å². The van der Waals surface area contributed by atoms with Crippen LogP contribution in [-0.4, -0.2) is 17.0 Å². The number of benzene rings is 1. The fourth-order valence-corrected chi connectivity index (χ4v) is 2.55. The lowest BCUT2D eigenvalue weighted by Crippen LogP contribution is -2.26. The van der Waals surface area contributed by atoms with E-state index in [9.17, 15) is 4.79 Å². The first-order chi connectivity index (χ1) is 10.7. The fraction of sp³-hybridized carbons (Fsp3) is 0.167. The highest BCUT2D eigenvalue weighted by Gasteiger charge is 2.17. The van der Waals surface area contributed by atoms with Gasteiger partial charge in [0.15, 0.2) is 5.58 Å². The molecule has 0 radical (unpaired) electrons. The molecule has 1 N–H and O–H groups in total. The van der Waals surface area contributed by atoms with Gasteiger partial charge in [0.05, 0.1) is 11.8 Å².